The summed E-state index contributed by atoms with van der Waals surface area (Å²) in [5, 5.41) is 10.6. The number of rotatable bonds is 4. The van der Waals surface area contributed by atoms with Crippen molar-refractivity contribution in [2.24, 2.45) is 5.92 Å². The molecule has 1 aliphatic heterocycles. The smallest absolute Gasteiger partial charge is 0.292 e. The number of aryl methyl sites for hydroxylation is 2. The van der Waals surface area contributed by atoms with Crippen LogP contribution in [0.25, 0.3) is 11.3 Å². The molecule has 0 radical (unpaired) electrons. The third-order valence-corrected chi connectivity index (χ3v) is 5.10. The van der Waals surface area contributed by atoms with Gasteiger partial charge in [-0.2, -0.15) is 0 Å². The molecule has 2 aromatic heterocycles. The van der Waals surface area contributed by atoms with Crippen molar-refractivity contribution in [2.75, 3.05) is 18.4 Å². The average Bonchev–Trinajstić information content (AvgIpc) is 3.37. The summed E-state index contributed by atoms with van der Waals surface area (Å²) in [6.07, 6.45) is 1.15. The van der Waals surface area contributed by atoms with Gasteiger partial charge in [0.15, 0.2) is 5.82 Å². The lowest BCUT2D eigenvalue weighted by Gasteiger charge is -2.30. The van der Waals surface area contributed by atoms with Crippen LogP contribution in [0.5, 0.6) is 0 Å². The highest BCUT2D eigenvalue weighted by molar-refractivity contribution is 5.94. The number of anilines is 1. The molecule has 1 aliphatic rings. The minimum atomic E-state index is -0.207. The van der Waals surface area contributed by atoms with E-state index in [9.17, 15) is 9.59 Å². The normalized spacial score (nSPS) is 14.8. The molecule has 0 unspecified atom stereocenters. The topological polar surface area (TPSA) is 101 Å². The van der Waals surface area contributed by atoms with Crippen molar-refractivity contribution in [3.8, 4) is 11.3 Å². The zero-order chi connectivity index (χ0) is 20.4. The number of nitrogens with zero attached hydrogens (tertiary/aromatic N) is 3. The van der Waals surface area contributed by atoms with Crippen molar-refractivity contribution in [2.45, 2.75) is 26.7 Å². The third kappa shape index (κ3) is 4.21. The van der Waals surface area contributed by atoms with E-state index in [4.69, 9.17) is 9.05 Å². The number of nitrogens with one attached hydrogen (secondary N) is 1. The third-order valence-electron chi connectivity index (χ3n) is 5.10. The van der Waals surface area contributed by atoms with Crippen molar-refractivity contribution in [1.82, 2.24) is 15.2 Å². The van der Waals surface area contributed by atoms with Gasteiger partial charge >= 0.3 is 0 Å². The van der Waals surface area contributed by atoms with Gasteiger partial charge in [-0.15, -0.1) is 0 Å². The largest absolute Gasteiger partial charge is 0.360 e. The molecule has 2 amide bonds. The second-order valence-electron chi connectivity index (χ2n) is 7.32. The summed E-state index contributed by atoms with van der Waals surface area (Å²) in [7, 11) is 0. The summed E-state index contributed by atoms with van der Waals surface area (Å²) in [5.74, 6) is 0.776. The summed E-state index contributed by atoms with van der Waals surface area (Å²) >= 11 is 0. The summed E-state index contributed by atoms with van der Waals surface area (Å²) in [6, 6.07) is 11.2. The number of hydrogen-bond acceptors (Lipinski definition) is 6. The van der Waals surface area contributed by atoms with Gasteiger partial charge in [0.2, 0.25) is 11.7 Å². The predicted molar refractivity (Wildman–Crippen MR) is 105 cm³/mol. The molecule has 4 rings (SSSR count). The molecular formula is C21H22N4O4. The Kier molecular flexibility index (Phi) is 5.16. The predicted octanol–water partition coefficient (Wildman–Crippen LogP) is 3.44. The highest BCUT2D eigenvalue weighted by Gasteiger charge is 2.30. The molecule has 1 N–H and O–H groups in total. The lowest BCUT2D eigenvalue weighted by atomic mass is 9.95. The van der Waals surface area contributed by atoms with E-state index in [2.05, 4.69) is 15.6 Å². The zero-order valence-corrected chi connectivity index (χ0v) is 16.3. The summed E-state index contributed by atoms with van der Waals surface area (Å²) < 4.78 is 10.2. The van der Waals surface area contributed by atoms with E-state index in [0.717, 1.165) is 11.1 Å². The molecule has 0 bridgehead atoms. The van der Waals surface area contributed by atoms with Crippen LogP contribution in [0.4, 0.5) is 5.82 Å². The van der Waals surface area contributed by atoms with Crippen LogP contribution in [0, 0.1) is 19.8 Å². The molecule has 0 spiro atoms. The van der Waals surface area contributed by atoms with Crippen molar-refractivity contribution in [1.29, 1.82) is 0 Å². The quantitative estimate of drug-likeness (QED) is 0.727. The first-order valence-electron chi connectivity index (χ1n) is 9.57. The van der Waals surface area contributed by atoms with Crippen molar-refractivity contribution < 1.29 is 18.6 Å². The number of carbonyl (C=O) groups is 2. The van der Waals surface area contributed by atoms with E-state index in [1.165, 1.54) is 0 Å². The van der Waals surface area contributed by atoms with Gasteiger partial charge in [0, 0.05) is 36.7 Å². The number of carbonyl (C=O) groups excluding carboxylic acids is 2. The molecule has 8 nitrogen and oxygen atoms in total. The molecule has 1 aromatic carbocycles. The molecule has 0 saturated carbocycles. The average molecular weight is 394 g/mol. The van der Waals surface area contributed by atoms with Gasteiger partial charge in [-0.25, -0.2) is 0 Å². The lowest BCUT2D eigenvalue weighted by molar-refractivity contribution is -0.121. The SMILES string of the molecule is Cc1ccc(-c2cc(C(=O)N3CCC(C(=O)Nc4cc(C)on4)CC3)on2)cc1. The standard InChI is InChI=1S/C21H22N4O4/c1-13-3-5-15(6-4-13)17-12-18(29-23-17)21(27)25-9-7-16(8-10-25)20(26)22-19-11-14(2)28-24-19/h3-6,11-12,16H,7-10H2,1-2H3,(H,22,24,26). The molecule has 3 aromatic rings. The second-order valence-corrected chi connectivity index (χ2v) is 7.32. The van der Waals surface area contributed by atoms with Crippen LogP contribution >= 0.6 is 0 Å². The fourth-order valence-corrected chi connectivity index (χ4v) is 3.39. The van der Waals surface area contributed by atoms with Crippen molar-refractivity contribution in [3.63, 3.8) is 0 Å². The maximum Gasteiger partial charge on any atom is 0.292 e. The van der Waals surface area contributed by atoms with Crippen LogP contribution in [0.3, 0.4) is 0 Å². The number of amides is 2. The van der Waals surface area contributed by atoms with Gasteiger partial charge in [-0.1, -0.05) is 40.1 Å². The molecule has 0 atom stereocenters. The van der Waals surface area contributed by atoms with Crippen molar-refractivity contribution in [3.05, 3.63) is 53.5 Å². The van der Waals surface area contributed by atoms with E-state index >= 15 is 0 Å². The van der Waals surface area contributed by atoms with Crippen LogP contribution in [0.15, 0.2) is 45.4 Å². The first-order chi connectivity index (χ1) is 14.0. The first-order valence-corrected chi connectivity index (χ1v) is 9.57. The van der Waals surface area contributed by atoms with Gasteiger partial charge < -0.3 is 19.3 Å². The maximum absolute atomic E-state index is 12.7. The summed E-state index contributed by atoms with van der Waals surface area (Å²) in [6.45, 7) is 4.74. The molecule has 8 heteroatoms. The Bertz CT molecular complexity index is 1010. The number of likely N-dealkylation sites (tertiary alicyclic amines) is 1. The van der Waals surface area contributed by atoms with Crippen LogP contribution in [0.1, 0.15) is 34.7 Å². The second kappa shape index (κ2) is 7.90. The monoisotopic (exact) mass is 394 g/mol. The molecular weight excluding hydrogens is 372 g/mol. The van der Waals surface area contributed by atoms with E-state index < -0.39 is 0 Å². The summed E-state index contributed by atoms with van der Waals surface area (Å²) in [5.41, 5.74) is 2.68. The number of hydrogen-bond donors (Lipinski definition) is 1. The van der Waals surface area contributed by atoms with Crippen molar-refractivity contribution >= 4 is 17.6 Å². The Morgan fingerprint density at radius 2 is 1.76 bits per heavy atom. The van der Waals surface area contributed by atoms with Crippen LogP contribution in [-0.4, -0.2) is 40.1 Å². The van der Waals surface area contributed by atoms with E-state index in [1.807, 2.05) is 31.2 Å². The highest BCUT2D eigenvalue weighted by Crippen LogP contribution is 2.24. The van der Waals surface area contributed by atoms with E-state index in [1.54, 1.807) is 24.0 Å². The Morgan fingerprint density at radius 3 is 2.41 bits per heavy atom. The highest BCUT2D eigenvalue weighted by atomic mass is 16.5. The van der Waals surface area contributed by atoms with E-state index in [0.29, 0.717) is 43.2 Å². The van der Waals surface area contributed by atoms with Gasteiger partial charge in [0.25, 0.3) is 5.91 Å². The maximum atomic E-state index is 12.7. The number of benzene rings is 1. The first kappa shape index (κ1) is 18.9. The van der Waals surface area contributed by atoms with E-state index in [-0.39, 0.29) is 23.5 Å². The van der Waals surface area contributed by atoms with Crippen LogP contribution < -0.4 is 5.32 Å². The van der Waals surface area contributed by atoms with Crippen LogP contribution in [-0.2, 0) is 4.79 Å². The Hall–Kier alpha value is -3.42. The molecule has 1 fully saturated rings. The Morgan fingerprint density at radius 1 is 1.03 bits per heavy atom. The molecule has 150 valence electrons. The fourth-order valence-electron chi connectivity index (χ4n) is 3.39. The summed E-state index contributed by atoms with van der Waals surface area (Å²) in [4.78, 5) is 26.8. The lowest BCUT2D eigenvalue weighted by Crippen LogP contribution is -2.41. The minimum absolute atomic E-state index is 0.105. The minimum Gasteiger partial charge on any atom is -0.360 e. The fraction of sp³-hybridized carbons (Fsp3) is 0.333. The molecule has 3 heterocycles. The van der Waals surface area contributed by atoms with Gasteiger partial charge in [-0.05, 0) is 26.7 Å². The molecule has 1 saturated heterocycles. The zero-order valence-electron chi connectivity index (χ0n) is 16.3. The number of piperidine rings is 1. The molecule has 29 heavy (non-hydrogen) atoms. The Balaban J connectivity index is 1.34. The van der Waals surface area contributed by atoms with Gasteiger partial charge in [0.05, 0.1) is 0 Å². The van der Waals surface area contributed by atoms with Gasteiger partial charge in [0.1, 0.15) is 11.5 Å². The van der Waals surface area contributed by atoms with Gasteiger partial charge in [-0.3, -0.25) is 9.59 Å². The Labute approximate surface area is 167 Å². The van der Waals surface area contributed by atoms with Crippen LogP contribution in [0.2, 0.25) is 0 Å². The number of aromatic nitrogens is 2. The molecule has 0 aliphatic carbocycles.